The summed E-state index contributed by atoms with van der Waals surface area (Å²) in [5, 5.41) is 6.11. The first kappa shape index (κ1) is 17.7. The average Bonchev–Trinajstić information content (AvgIpc) is 2.45. The van der Waals surface area contributed by atoms with Gasteiger partial charge in [-0.3, -0.25) is 4.79 Å². The van der Waals surface area contributed by atoms with Crippen molar-refractivity contribution in [3.8, 4) is 5.75 Å². The standard InChI is InChI=1S/C18H24N4O2/c1-11-7-8-15(24-6)13(9-11)21-16-10-14(19-12(2)20-16)17(23)22-18(3,4)5/h7-10H,1-6H3,(H,22,23)(H,19,20,21). The van der Waals surface area contributed by atoms with E-state index in [2.05, 4.69) is 20.6 Å². The molecule has 0 fully saturated rings. The third kappa shape index (κ3) is 4.68. The minimum absolute atomic E-state index is 0.229. The van der Waals surface area contributed by atoms with Gasteiger partial charge in [0.1, 0.15) is 23.1 Å². The van der Waals surface area contributed by atoms with E-state index < -0.39 is 0 Å². The Kier molecular flexibility index (Phi) is 5.07. The van der Waals surface area contributed by atoms with Gasteiger partial charge in [-0.2, -0.15) is 0 Å². The molecule has 6 heteroatoms. The van der Waals surface area contributed by atoms with Gasteiger partial charge in [0.2, 0.25) is 0 Å². The number of rotatable bonds is 4. The van der Waals surface area contributed by atoms with Crippen LogP contribution in [-0.4, -0.2) is 28.5 Å². The van der Waals surface area contributed by atoms with Gasteiger partial charge in [-0.15, -0.1) is 0 Å². The number of nitrogens with one attached hydrogen (secondary N) is 2. The summed E-state index contributed by atoms with van der Waals surface area (Å²) in [5.74, 6) is 1.54. The number of aromatic nitrogens is 2. The third-order valence-corrected chi connectivity index (χ3v) is 3.18. The SMILES string of the molecule is COc1ccc(C)cc1Nc1cc(C(=O)NC(C)(C)C)nc(C)n1. The van der Waals surface area contributed by atoms with Crippen LogP contribution in [0.25, 0.3) is 0 Å². The van der Waals surface area contributed by atoms with E-state index in [0.29, 0.717) is 23.1 Å². The molecule has 0 spiro atoms. The maximum absolute atomic E-state index is 12.3. The molecule has 0 radical (unpaired) electrons. The molecular formula is C18H24N4O2. The van der Waals surface area contributed by atoms with Crippen molar-refractivity contribution in [2.45, 2.75) is 40.2 Å². The van der Waals surface area contributed by atoms with E-state index in [0.717, 1.165) is 11.3 Å². The highest BCUT2D eigenvalue weighted by molar-refractivity contribution is 5.93. The molecule has 24 heavy (non-hydrogen) atoms. The number of aryl methyl sites for hydroxylation is 2. The van der Waals surface area contributed by atoms with Crippen LogP contribution in [0.1, 0.15) is 42.6 Å². The van der Waals surface area contributed by atoms with Crippen molar-refractivity contribution in [2.75, 3.05) is 12.4 Å². The van der Waals surface area contributed by atoms with Crippen molar-refractivity contribution >= 4 is 17.4 Å². The van der Waals surface area contributed by atoms with Crippen molar-refractivity contribution < 1.29 is 9.53 Å². The van der Waals surface area contributed by atoms with Crippen LogP contribution in [0.15, 0.2) is 24.3 Å². The van der Waals surface area contributed by atoms with E-state index in [1.807, 2.05) is 45.9 Å². The van der Waals surface area contributed by atoms with Gasteiger partial charge in [0, 0.05) is 11.6 Å². The van der Waals surface area contributed by atoms with E-state index >= 15 is 0 Å². The molecule has 2 aromatic rings. The second kappa shape index (κ2) is 6.86. The summed E-state index contributed by atoms with van der Waals surface area (Å²) in [4.78, 5) is 20.9. The smallest absolute Gasteiger partial charge is 0.270 e. The van der Waals surface area contributed by atoms with Gasteiger partial charge in [0.05, 0.1) is 12.8 Å². The summed E-state index contributed by atoms with van der Waals surface area (Å²) in [6.45, 7) is 9.53. The Morgan fingerprint density at radius 3 is 2.46 bits per heavy atom. The number of ether oxygens (including phenoxy) is 1. The highest BCUT2D eigenvalue weighted by Gasteiger charge is 2.18. The van der Waals surface area contributed by atoms with E-state index in [4.69, 9.17) is 4.74 Å². The van der Waals surface area contributed by atoms with Crippen molar-refractivity contribution in [3.05, 3.63) is 41.3 Å². The van der Waals surface area contributed by atoms with Crippen LogP contribution in [0.5, 0.6) is 5.75 Å². The molecule has 128 valence electrons. The molecule has 0 aliphatic rings. The molecule has 0 aliphatic heterocycles. The first-order chi connectivity index (χ1) is 11.2. The van der Waals surface area contributed by atoms with Crippen molar-refractivity contribution in [2.24, 2.45) is 0 Å². The lowest BCUT2D eigenvalue weighted by Crippen LogP contribution is -2.41. The zero-order valence-corrected chi connectivity index (χ0v) is 15.0. The third-order valence-electron chi connectivity index (χ3n) is 3.18. The average molecular weight is 328 g/mol. The normalized spacial score (nSPS) is 11.1. The summed E-state index contributed by atoms with van der Waals surface area (Å²) in [7, 11) is 1.61. The fraction of sp³-hybridized carbons (Fsp3) is 0.389. The topological polar surface area (TPSA) is 76.1 Å². The number of methoxy groups -OCH3 is 1. The summed E-state index contributed by atoms with van der Waals surface area (Å²) in [5.41, 5.74) is 1.88. The number of amides is 1. The van der Waals surface area contributed by atoms with E-state index in [-0.39, 0.29) is 11.4 Å². The number of hydrogen-bond acceptors (Lipinski definition) is 5. The Hall–Kier alpha value is -2.63. The Morgan fingerprint density at radius 1 is 1.12 bits per heavy atom. The van der Waals surface area contributed by atoms with E-state index in [1.165, 1.54) is 0 Å². The number of benzene rings is 1. The molecule has 0 aliphatic carbocycles. The first-order valence-corrected chi connectivity index (χ1v) is 7.78. The Morgan fingerprint density at radius 2 is 1.83 bits per heavy atom. The summed E-state index contributed by atoms with van der Waals surface area (Å²) < 4.78 is 5.36. The predicted molar refractivity (Wildman–Crippen MR) is 95.0 cm³/mol. The van der Waals surface area contributed by atoms with Gasteiger partial charge < -0.3 is 15.4 Å². The molecule has 0 saturated heterocycles. The van der Waals surface area contributed by atoms with Crippen molar-refractivity contribution in [1.29, 1.82) is 0 Å². The zero-order chi connectivity index (χ0) is 17.9. The molecule has 1 heterocycles. The highest BCUT2D eigenvalue weighted by Crippen LogP contribution is 2.28. The minimum atomic E-state index is -0.330. The van der Waals surface area contributed by atoms with Crippen molar-refractivity contribution in [1.82, 2.24) is 15.3 Å². The van der Waals surface area contributed by atoms with Crippen molar-refractivity contribution in [3.63, 3.8) is 0 Å². The lowest BCUT2D eigenvalue weighted by atomic mass is 10.1. The Labute approximate surface area is 142 Å². The molecule has 0 saturated carbocycles. The van der Waals surface area contributed by atoms with Gasteiger partial charge in [-0.1, -0.05) is 6.07 Å². The van der Waals surface area contributed by atoms with Crippen LogP contribution in [0, 0.1) is 13.8 Å². The lowest BCUT2D eigenvalue weighted by molar-refractivity contribution is 0.0914. The van der Waals surface area contributed by atoms with Crippen LogP contribution in [0.4, 0.5) is 11.5 Å². The maximum atomic E-state index is 12.3. The van der Waals surface area contributed by atoms with Gasteiger partial charge in [-0.05, 0) is 52.3 Å². The first-order valence-electron chi connectivity index (χ1n) is 7.78. The highest BCUT2D eigenvalue weighted by atomic mass is 16.5. The Bertz CT molecular complexity index is 751. The molecule has 0 bridgehead atoms. The number of carbonyl (C=O) groups is 1. The van der Waals surface area contributed by atoms with Crippen LogP contribution >= 0.6 is 0 Å². The van der Waals surface area contributed by atoms with E-state index in [1.54, 1.807) is 20.1 Å². The lowest BCUT2D eigenvalue weighted by Gasteiger charge is -2.20. The molecule has 0 atom stereocenters. The Balaban J connectivity index is 2.32. The van der Waals surface area contributed by atoms with Gasteiger partial charge >= 0.3 is 0 Å². The largest absolute Gasteiger partial charge is 0.495 e. The molecule has 6 nitrogen and oxygen atoms in total. The second-order valence-electron chi connectivity index (χ2n) is 6.72. The van der Waals surface area contributed by atoms with E-state index in [9.17, 15) is 4.79 Å². The monoisotopic (exact) mass is 328 g/mol. The van der Waals surface area contributed by atoms with Gasteiger partial charge in [0.25, 0.3) is 5.91 Å². The summed E-state index contributed by atoms with van der Waals surface area (Å²) >= 11 is 0. The molecule has 2 N–H and O–H groups in total. The zero-order valence-electron chi connectivity index (χ0n) is 15.0. The quantitative estimate of drug-likeness (QED) is 0.900. The van der Waals surface area contributed by atoms with Crippen LogP contribution in [-0.2, 0) is 0 Å². The second-order valence-corrected chi connectivity index (χ2v) is 6.72. The molecule has 1 aromatic carbocycles. The van der Waals surface area contributed by atoms with Crippen LogP contribution < -0.4 is 15.4 Å². The predicted octanol–water partition coefficient (Wildman–Crippen LogP) is 3.37. The number of carbonyl (C=O) groups excluding carboxylic acids is 1. The summed E-state index contributed by atoms with van der Waals surface area (Å²) in [6.07, 6.45) is 0. The molecule has 2 rings (SSSR count). The molecule has 0 unspecified atom stereocenters. The fourth-order valence-electron chi connectivity index (χ4n) is 2.21. The molecule has 1 amide bonds. The minimum Gasteiger partial charge on any atom is -0.495 e. The number of anilines is 2. The fourth-order valence-corrected chi connectivity index (χ4v) is 2.21. The summed E-state index contributed by atoms with van der Waals surface area (Å²) in [6, 6.07) is 7.46. The van der Waals surface area contributed by atoms with Gasteiger partial charge in [0.15, 0.2) is 0 Å². The maximum Gasteiger partial charge on any atom is 0.270 e. The number of hydrogen-bond donors (Lipinski definition) is 2. The molecular weight excluding hydrogens is 304 g/mol. The number of nitrogens with zero attached hydrogens (tertiary/aromatic N) is 2. The van der Waals surface area contributed by atoms with Gasteiger partial charge in [-0.25, -0.2) is 9.97 Å². The van der Waals surface area contributed by atoms with Crippen LogP contribution in [0.2, 0.25) is 0 Å². The van der Waals surface area contributed by atoms with Crippen LogP contribution in [0.3, 0.4) is 0 Å². The molecule has 1 aromatic heterocycles.